The molecule has 0 aliphatic rings. The minimum absolute atomic E-state index is 0.0243. The number of esters is 1. The summed E-state index contributed by atoms with van der Waals surface area (Å²) in [7, 11) is 0. The Morgan fingerprint density at radius 2 is 0.482 bits per heavy atom. The summed E-state index contributed by atoms with van der Waals surface area (Å²) in [6.07, 6.45) is 93.4. The zero-order valence-electron chi connectivity index (χ0n) is 58.4. The summed E-state index contributed by atoms with van der Waals surface area (Å²) in [5.74, 6) is 0.000253. The van der Waals surface area contributed by atoms with Gasteiger partial charge in [0.15, 0.2) is 0 Å². The number of carbonyl (C=O) groups is 2. The quantitative estimate of drug-likeness (QED) is 0.0417. The number of aliphatic hydroxyl groups is 2. The topological polar surface area (TPSA) is 95.9 Å². The molecule has 6 heteroatoms. The van der Waals surface area contributed by atoms with Crippen LogP contribution in [0.5, 0.6) is 0 Å². The van der Waals surface area contributed by atoms with Crippen LogP contribution in [0.2, 0.25) is 0 Å². The molecule has 0 bridgehead atoms. The zero-order chi connectivity index (χ0) is 61.3. The van der Waals surface area contributed by atoms with Crippen molar-refractivity contribution in [3.05, 3.63) is 0 Å². The number of hydrogen-bond donors (Lipinski definition) is 3. The van der Waals surface area contributed by atoms with Crippen LogP contribution < -0.4 is 5.32 Å². The van der Waals surface area contributed by atoms with Gasteiger partial charge >= 0.3 is 5.97 Å². The zero-order valence-corrected chi connectivity index (χ0v) is 58.4. The van der Waals surface area contributed by atoms with Crippen molar-refractivity contribution in [2.45, 2.75) is 482 Å². The fourth-order valence-corrected chi connectivity index (χ4v) is 13.1. The van der Waals surface area contributed by atoms with Crippen molar-refractivity contribution in [1.82, 2.24) is 5.32 Å². The van der Waals surface area contributed by atoms with Gasteiger partial charge in [-0.1, -0.05) is 431 Å². The minimum Gasteiger partial charge on any atom is -0.466 e. The van der Waals surface area contributed by atoms with Gasteiger partial charge in [0.05, 0.1) is 25.4 Å². The lowest BCUT2D eigenvalue weighted by atomic mass is 10.0. The summed E-state index contributed by atoms with van der Waals surface area (Å²) in [6, 6.07) is -0.538. The van der Waals surface area contributed by atoms with E-state index in [1.54, 1.807) is 0 Å². The van der Waals surface area contributed by atoms with E-state index in [4.69, 9.17) is 4.74 Å². The second kappa shape index (κ2) is 75.3. The maximum Gasteiger partial charge on any atom is 0.305 e. The summed E-state index contributed by atoms with van der Waals surface area (Å²) >= 11 is 0. The van der Waals surface area contributed by atoms with Gasteiger partial charge in [0.25, 0.3) is 0 Å². The number of rotatable bonds is 76. The van der Waals surface area contributed by atoms with Gasteiger partial charge in [-0.2, -0.15) is 0 Å². The molecule has 2 atom stereocenters. The largest absolute Gasteiger partial charge is 0.466 e. The third-order valence-corrected chi connectivity index (χ3v) is 19.2. The standard InChI is InChI=1S/C79H157NO5/c1-3-5-7-9-11-13-15-17-19-20-21-22-32-35-38-41-44-47-51-55-59-63-67-71-77(82)76(75-81)80-78(83)72-68-64-60-56-52-48-45-42-39-36-33-30-28-26-24-23-25-27-29-31-34-37-40-43-46-50-54-58-62-66-70-74-85-79(84)73-69-65-61-57-53-49-18-16-14-12-10-8-6-4-2/h76-77,81-82H,3-75H2,1-2H3,(H,80,83). The van der Waals surface area contributed by atoms with Gasteiger partial charge in [0.1, 0.15) is 0 Å². The molecule has 0 heterocycles. The fraction of sp³-hybridized carbons (Fsp3) is 0.975. The molecule has 0 saturated heterocycles. The van der Waals surface area contributed by atoms with Gasteiger partial charge in [0, 0.05) is 12.8 Å². The Kier molecular flexibility index (Phi) is 74.3. The average Bonchev–Trinajstić information content (AvgIpc) is 3.51. The number of carbonyl (C=O) groups excluding carboxylic acids is 2. The molecular weight excluding hydrogens is 1040 g/mol. The van der Waals surface area contributed by atoms with Gasteiger partial charge in [-0.3, -0.25) is 9.59 Å². The highest BCUT2D eigenvalue weighted by Crippen LogP contribution is 2.21. The van der Waals surface area contributed by atoms with Gasteiger partial charge < -0.3 is 20.3 Å². The number of hydrogen-bond acceptors (Lipinski definition) is 5. The molecule has 0 aromatic rings. The van der Waals surface area contributed by atoms with Crippen molar-refractivity contribution < 1.29 is 24.5 Å². The van der Waals surface area contributed by atoms with Crippen LogP contribution in [-0.4, -0.2) is 47.4 Å². The number of aliphatic hydroxyl groups excluding tert-OH is 2. The van der Waals surface area contributed by atoms with Crippen LogP contribution in [0.1, 0.15) is 470 Å². The smallest absolute Gasteiger partial charge is 0.305 e. The predicted molar refractivity (Wildman–Crippen MR) is 375 cm³/mol. The van der Waals surface area contributed by atoms with Crippen LogP contribution in [0, 0.1) is 0 Å². The third kappa shape index (κ3) is 71.8. The van der Waals surface area contributed by atoms with Crippen LogP contribution in [0.4, 0.5) is 0 Å². The van der Waals surface area contributed by atoms with Gasteiger partial charge in [0.2, 0.25) is 5.91 Å². The SMILES string of the molecule is CCCCCCCCCCCCCCCCCCCCCCCCCC(O)C(CO)NC(=O)CCCCCCCCCCCCCCCCCCCCCCCCCCCCCCCCCOC(=O)CCCCCCCCCCCCCCCC. The molecule has 6 nitrogen and oxygen atoms in total. The van der Waals surface area contributed by atoms with Crippen molar-refractivity contribution in [2.24, 2.45) is 0 Å². The molecule has 0 rings (SSSR count). The fourth-order valence-electron chi connectivity index (χ4n) is 13.1. The monoisotopic (exact) mass is 1200 g/mol. The molecule has 0 fully saturated rings. The summed E-state index contributed by atoms with van der Waals surface area (Å²) in [5.41, 5.74) is 0. The summed E-state index contributed by atoms with van der Waals surface area (Å²) in [5, 5.41) is 23.5. The molecule has 0 saturated carbocycles. The highest BCUT2D eigenvalue weighted by atomic mass is 16.5. The average molecular weight is 1200 g/mol. The minimum atomic E-state index is -0.662. The maximum absolute atomic E-state index is 12.6. The molecule has 508 valence electrons. The number of unbranched alkanes of at least 4 members (excludes halogenated alkanes) is 65. The molecule has 0 spiro atoms. The van der Waals surface area contributed by atoms with Gasteiger partial charge in [-0.05, 0) is 25.7 Å². The first-order valence-electron chi connectivity index (χ1n) is 39.8. The summed E-state index contributed by atoms with van der Waals surface area (Å²) in [6.45, 7) is 5.02. The van der Waals surface area contributed by atoms with E-state index in [-0.39, 0.29) is 18.5 Å². The Balaban J connectivity index is 3.32. The maximum atomic E-state index is 12.6. The molecule has 0 aromatic carbocycles. The highest BCUT2D eigenvalue weighted by molar-refractivity contribution is 5.76. The lowest BCUT2D eigenvalue weighted by Gasteiger charge is -2.22. The van der Waals surface area contributed by atoms with E-state index in [0.29, 0.717) is 25.9 Å². The van der Waals surface area contributed by atoms with Crippen LogP contribution in [0.3, 0.4) is 0 Å². The summed E-state index contributed by atoms with van der Waals surface area (Å²) < 4.78 is 5.50. The normalized spacial score (nSPS) is 12.4. The van der Waals surface area contributed by atoms with Gasteiger partial charge in [-0.25, -0.2) is 0 Å². The van der Waals surface area contributed by atoms with Crippen molar-refractivity contribution in [3.8, 4) is 0 Å². The first kappa shape index (κ1) is 83.9. The van der Waals surface area contributed by atoms with Crippen molar-refractivity contribution in [1.29, 1.82) is 0 Å². The lowest BCUT2D eigenvalue weighted by Crippen LogP contribution is -2.45. The van der Waals surface area contributed by atoms with Crippen LogP contribution >= 0.6 is 0 Å². The lowest BCUT2D eigenvalue weighted by molar-refractivity contribution is -0.143. The van der Waals surface area contributed by atoms with Crippen molar-refractivity contribution in [3.63, 3.8) is 0 Å². The molecule has 1 amide bonds. The predicted octanol–water partition coefficient (Wildman–Crippen LogP) is 26.1. The van der Waals surface area contributed by atoms with E-state index in [9.17, 15) is 19.8 Å². The van der Waals surface area contributed by atoms with Crippen LogP contribution in [0.15, 0.2) is 0 Å². The molecule has 3 N–H and O–H groups in total. The number of ether oxygens (including phenoxy) is 1. The van der Waals surface area contributed by atoms with E-state index in [1.165, 1.54) is 398 Å². The highest BCUT2D eigenvalue weighted by Gasteiger charge is 2.20. The Labute approximate surface area is 534 Å². The van der Waals surface area contributed by atoms with Crippen molar-refractivity contribution >= 4 is 11.9 Å². The molecule has 0 aliphatic heterocycles. The summed E-state index contributed by atoms with van der Waals surface area (Å²) in [4.78, 5) is 24.7. The molecule has 0 aliphatic carbocycles. The molecule has 0 radical (unpaired) electrons. The van der Waals surface area contributed by atoms with Crippen molar-refractivity contribution in [2.75, 3.05) is 13.2 Å². The molecular formula is C79H157NO5. The number of nitrogens with one attached hydrogen (secondary N) is 1. The molecule has 0 aromatic heterocycles. The van der Waals surface area contributed by atoms with E-state index in [1.807, 2.05) is 0 Å². The van der Waals surface area contributed by atoms with Crippen LogP contribution in [-0.2, 0) is 14.3 Å². The second-order valence-electron chi connectivity index (χ2n) is 27.8. The van der Waals surface area contributed by atoms with Gasteiger partial charge in [-0.15, -0.1) is 0 Å². The molecule has 2 unspecified atom stereocenters. The first-order chi connectivity index (χ1) is 42.0. The Morgan fingerprint density at radius 1 is 0.282 bits per heavy atom. The van der Waals surface area contributed by atoms with E-state index in [2.05, 4.69) is 19.2 Å². The van der Waals surface area contributed by atoms with E-state index in [0.717, 1.165) is 38.5 Å². The Bertz CT molecular complexity index is 1240. The van der Waals surface area contributed by atoms with E-state index < -0.39 is 12.1 Å². The van der Waals surface area contributed by atoms with E-state index >= 15 is 0 Å². The number of amides is 1. The Hall–Kier alpha value is -1.14. The first-order valence-corrected chi connectivity index (χ1v) is 39.8. The van der Waals surface area contributed by atoms with Crippen LogP contribution in [0.25, 0.3) is 0 Å². The third-order valence-electron chi connectivity index (χ3n) is 19.2. The molecule has 85 heavy (non-hydrogen) atoms. The second-order valence-corrected chi connectivity index (χ2v) is 27.8. The Morgan fingerprint density at radius 3 is 0.718 bits per heavy atom.